The van der Waals surface area contributed by atoms with E-state index in [4.69, 9.17) is 17.3 Å². The second-order valence-electron chi connectivity index (χ2n) is 5.80. The Morgan fingerprint density at radius 1 is 1.24 bits per heavy atom. The van der Waals surface area contributed by atoms with Crippen LogP contribution in [0.2, 0.25) is 5.02 Å². The second-order valence-corrected chi connectivity index (χ2v) is 6.23. The van der Waals surface area contributed by atoms with Crippen molar-refractivity contribution in [2.45, 2.75) is 44.2 Å². The second kappa shape index (κ2) is 6.08. The van der Waals surface area contributed by atoms with Gasteiger partial charge in [-0.1, -0.05) is 30.9 Å². The summed E-state index contributed by atoms with van der Waals surface area (Å²) in [5, 5.41) is 4.68. The number of H-pyrrole nitrogens is 1. The Kier molecular flexibility index (Phi) is 4.17. The van der Waals surface area contributed by atoms with Crippen LogP contribution < -0.4 is 11.1 Å². The maximum atomic E-state index is 12.4. The normalized spacial score (nSPS) is 23.0. The van der Waals surface area contributed by atoms with Gasteiger partial charge in [-0.15, -0.1) is 0 Å². The summed E-state index contributed by atoms with van der Waals surface area (Å²) in [5.41, 5.74) is 7.63. The smallest absolute Gasteiger partial charge is 0.268 e. The Morgan fingerprint density at radius 3 is 2.90 bits per heavy atom. The summed E-state index contributed by atoms with van der Waals surface area (Å²) in [6, 6.07) is 7.49. The molecule has 1 heterocycles. The molecule has 0 radical (unpaired) electrons. The zero-order valence-corrected chi connectivity index (χ0v) is 12.6. The molecule has 4 N–H and O–H groups in total. The summed E-state index contributed by atoms with van der Waals surface area (Å²) in [7, 11) is 0. The van der Waals surface area contributed by atoms with Gasteiger partial charge in [0.1, 0.15) is 5.69 Å². The van der Waals surface area contributed by atoms with Gasteiger partial charge in [0.25, 0.3) is 5.91 Å². The third-order valence-electron chi connectivity index (χ3n) is 4.21. The van der Waals surface area contributed by atoms with Crippen molar-refractivity contribution in [3.63, 3.8) is 0 Å². The molecule has 112 valence electrons. The summed E-state index contributed by atoms with van der Waals surface area (Å²) < 4.78 is 0. The summed E-state index contributed by atoms with van der Waals surface area (Å²) in [6.07, 6.45) is 5.41. The third-order valence-corrected chi connectivity index (χ3v) is 4.45. The molecule has 21 heavy (non-hydrogen) atoms. The highest BCUT2D eigenvalue weighted by atomic mass is 35.5. The van der Waals surface area contributed by atoms with Gasteiger partial charge in [0, 0.05) is 28.0 Å². The van der Waals surface area contributed by atoms with Gasteiger partial charge in [0.2, 0.25) is 0 Å². The summed E-state index contributed by atoms with van der Waals surface area (Å²) >= 11 is 5.97. The number of aromatic nitrogens is 1. The topological polar surface area (TPSA) is 70.9 Å². The number of hydrogen-bond donors (Lipinski definition) is 3. The van der Waals surface area contributed by atoms with E-state index in [1.807, 2.05) is 24.3 Å². The van der Waals surface area contributed by atoms with Gasteiger partial charge in [-0.3, -0.25) is 4.79 Å². The first-order valence-corrected chi connectivity index (χ1v) is 7.86. The van der Waals surface area contributed by atoms with Crippen LogP contribution in [0.5, 0.6) is 0 Å². The molecule has 0 spiro atoms. The lowest BCUT2D eigenvalue weighted by Crippen LogP contribution is -2.47. The fourth-order valence-corrected chi connectivity index (χ4v) is 3.17. The maximum Gasteiger partial charge on any atom is 0.268 e. The molecule has 1 aromatic carbocycles. The quantitative estimate of drug-likeness (QED) is 0.746. The third kappa shape index (κ3) is 3.22. The predicted molar refractivity (Wildman–Crippen MR) is 85.6 cm³/mol. The Bertz CT molecular complexity index is 652. The number of amides is 1. The minimum atomic E-state index is -0.0929. The van der Waals surface area contributed by atoms with E-state index in [1.54, 1.807) is 0 Å². The molecule has 4 nitrogen and oxygen atoms in total. The predicted octanol–water partition coefficient (Wildman–Crippen LogP) is 3.21. The summed E-state index contributed by atoms with van der Waals surface area (Å²) in [4.78, 5) is 15.5. The van der Waals surface area contributed by atoms with Crippen LogP contribution in [0.3, 0.4) is 0 Å². The summed E-state index contributed by atoms with van der Waals surface area (Å²) in [5.74, 6) is -0.0929. The number of nitrogens with two attached hydrogens (primary N) is 1. The van der Waals surface area contributed by atoms with Crippen LogP contribution >= 0.6 is 11.6 Å². The molecule has 1 aliphatic carbocycles. The van der Waals surface area contributed by atoms with Crippen molar-refractivity contribution in [3.05, 3.63) is 35.0 Å². The minimum absolute atomic E-state index is 0.0512. The van der Waals surface area contributed by atoms with E-state index in [-0.39, 0.29) is 18.0 Å². The van der Waals surface area contributed by atoms with Gasteiger partial charge in [-0.2, -0.15) is 0 Å². The van der Waals surface area contributed by atoms with Crippen LogP contribution in [-0.2, 0) is 0 Å². The number of fused-ring (bicyclic) bond motifs is 1. The van der Waals surface area contributed by atoms with Gasteiger partial charge in [0.05, 0.1) is 0 Å². The zero-order chi connectivity index (χ0) is 14.8. The fourth-order valence-electron chi connectivity index (χ4n) is 2.99. The van der Waals surface area contributed by atoms with Crippen LogP contribution in [0.15, 0.2) is 24.3 Å². The van der Waals surface area contributed by atoms with E-state index in [1.165, 1.54) is 6.42 Å². The molecule has 1 aromatic heterocycles. The molecule has 3 rings (SSSR count). The highest BCUT2D eigenvalue weighted by molar-refractivity contribution is 6.31. The molecular weight excluding hydrogens is 286 g/mol. The molecule has 2 aromatic rings. The van der Waals surface area contributed by atoms with E-state index >= 15 is 0 Å². The van der Waals surface area contributed by atoms with Crippen LogP contribution in [0, 0.1) is 0 Å². The number of rotatable bonds is 2. The first kappa shape index (κ1) is 14.4. The largest absolute Gasteiger partial charge is 0.351 e. The lowest BCUT2D eigenvalue weighted by molar-refractivity contribution is 0.0924. The van der Waals surface area contributed by atoms with Crippen molar-refractivity contribution in [2.24, 2.45) is 5.73 Å². The number of benzene rings is 1. The minimum Gasteiger partial charge on any atom is -0.351 e. The highest BCUT2D eigenvalue weighted by Gasteiger charge is 2.23. The van der Waals surface area contributed by atoms with E-state index in [9.17, 15) is 4.79 Å². The molecule has 0 bridgehead atoms. The zero-order valence-electron chi connectivity index (χ0n) is 11.9. The fraction of sp³-hybridized carbons (Fsp3) is 0.438. The van der Waals surface area contributed by atoms with Gasteiger partial charge < -0.3 is 16.0 Å². The van der Waals surface area contributed by atoms with Gasteiger partial charge in [-0.25, -0.2) is 0 Å². The highest BCUT2D eigenvalue weighted by Crippen LogP contribution is 2.21. The van der Waals surface area contributed by atoms with Crippen LogP contribution in [-0.4, -0.2) is 23.0 Å². The molecule has 1 aliphatic rings. The molecule has 5 heteroatoms. The van der Waals surface area contributed by atoms with Gasteiger partial charge in [0.15, 0.2) is 0 Å². The molecule has 1 fully saturated rings. The average Bonchev–Trinajstić information content (AvgIpc) is 2.78. The van der Waals surface area contributed by atoms with Crippen molar-refractivity contribution in [1.82, 2.24) is 10.3 Å². The number of nitrogens with one attached hydrogen (secondary N) is 2. The lowest BCUT2D eigenvalue weighted by atomic mass is 10.0. The van der Waals surface area contributed by atoms with Crippen LogP contribution in [0.4, 0.5) is 0 Å². The summed E-state index contributed by atoms with van der Waals surface area (Å²) in [6.45, 7) is 0. The van der Waals surface area contributed by atoms with E-state index in [2.05, 4.69) is 10.3 Å². The van der Waals surface area contributed by atoms with E-state index < -0.39 is 0 Å². The maximum absolute atomic E-state index is 12.4. The number of hydrogen-bond acceptors (Lipinski definition) is 2. The molecule has 1 saturated carbocycles. The number of carbonyl (C=O) groups is 1. The number of carbonyl (C=O) groups excluding carboxylic acids is 1. The van der Waals surface area contributed by atoms with Crippen molar-refractivity contribution < 1.29 is 4.79 Å². The van der Waals surface area contributed by atoms with Gasteiger partial charge in [-0.05, 0) is 37.1 Å². The van der Waals surface area contributed by atoms with Gasteiger partial charge >= 0.3 is 0 Å². The molecule has 0 aliphatic heterocycles. The van der Waals surface area contributed by atoms with E-state index in [0.717, 1.165) is 36.6 Å². The lowest BCUT2D eigenvalue weighted by Gasteiger charge is -2.22. The molecule has 2 atom stereocenters. The molecule has 0 saturated heterocycles. The Balaban J connectivity index is 1.76. The van der Waals surface area contributed by atoms with Crippen molar-refractivity contribution in [3.8, 4) is 0 Å². The first-order valence-electron chi connectivity index (χ1n) is 7.48. The monoisotopic (exact) mass is 305 g/mol. The van der Waals surface area contributed by atoms with Crippen molar-refractivity contribution in [2.75, 3.05) is 0 Å². The first-order chi connectivity index (χ1) is 10.1. The Hall–Kier alpha value is -1.52. The van der Waals surface area contributed by atoms with E-state index in [0.29, 0.717) is 10.7 Å². The van der Waals surface area contributed by atoms with Crippen LogP contribution in [0.1, 0.15) is 42.6 Å². The molecule has 0 unspecified atom stereocenters. The number of aromatic amines is 1. The standard InChI is InChI=1S/C16H20ClN3O/c17-11-6-7-13-10(8-11)9-15(19-13)16(21)20-14-5-3-1-2-4-12(14)18/h6-9,12,14,19H,1-5,18H2,(H,20,21)/t12-,14+/m0/s1. The SMILES string of the molecule is N[C@H]1CCCCC[C@H]1NC(=O)c1cc2cc(Cl)ccc2[nH]1. The Morgan fingerprint density at radius 2 is 2.05 bits per heavy atom. The van der Waals surface area contributed by atoms with Crippen molar-refractivity contribution >= 4 is 28.4 Å². The van der Waals surface area contributed by atoms with Crippen LogP contribution in [0.25, 0.3) is 10.9 Å². The van der Waals surface area contributed by atoms with Crippen molar-refractivity contribution in [1.29, 1.82) is 0 Å². The average molecular weight is 306 g/mol. The number of halogens is 1. The Labute approximate surface area is 129 Å². The molecule has 1 amide bonds. The molecular formula is C16H20ClN3O.